The Labute approximate surface area is 84.2 Å². The number of primary amides is 1. The van der Waals surface area contributed by atoms with Crippen molar-refractivity contribution in [3.8, 4) is 0 Å². The molecular weight excluding hydrogens is 180 g/mol. The summed E-state index contributed by atoms with van der Waals surface area (Å²) in [6.45, 7) is 2.15. The van der Waals surface area contributed by atoms with E-state index in [1.165, 1.54) is 0 Å². The molecule has 14 heavy (non-hydrogen) atoms. The average molecular weight is 198 g/mol. The molecule has 2 rings (SSSR count). The van der Waals surface area contributed by atoms with Crippen LogP contribution in [0.25, 0.3) is 0 Å². The van der Waals surface area contributed by atoms with E-state index in [0.29, 0.717) is 5.92 Å². The Morgan fingerprint density at radius 1 is 1.21 bits per heavy atom. The van der Waals surface area contributed by atoms with Gasteiger partial charge in [-0.15, -0.1) is 0 Å². The van der Waals surface area contributed by atoms with Crippen LogP contribution in [0.1, 0.15) is 25.7 Å². The molecule has 0 aromatic carbocycles. The zero-order valence-corrected chi connectivity index (χ0v) is 8.37. The number of nitrogens with two attached hydrogens (primary N) is 1. The molecule has 0 spiro atoms. The van der Waals surface area contributed by atoms with Crippen molar-refractivity contribution < 1.29 is 9.53 Å². The van der Waals surface area contributed by atoms with Crippen LogP contribution in [0.2, 0.25) is 0 Å². The molecular formula is C10H18N2O2. The summed E-state index contributed by atoms with van der Waals surface area (Å²) in [4.78, 5) is 10.9. The van der Waals surface area contributed by atoms with Gasteiger partial charge in [-0.05, 0) is 44.7 Å². The lowest BCUT2D eigenvalue weighted by Gasteiger charge is -2.27. The summed E-state index contributed by atoms with van der Waals surface area (Å²) in [5.74, 6) is 0.321. The largest absolute Gasteiger partial charge is 0.367 e. The minimum Gasteiger partial charge on any atom is -0.367 e. The molecule has 0 saturated carbocycles. The standard InChI is InChI=1S/C10H18N2O2/c11-10(13)9-2-1-8(14-9)7-3-5-12-6-4-7/h7-9,12H,1-6H2,(H2,11,13). The third-order valence-electron chi connectivity index (χ3n) is 3.28. The fourth-order valence-electron chi connectivity index (χ4n) is 2.43. The van der Waals surface area contributed by atoms with E-state index in [2.05, 4.69) is 5.32 Å². The molecule has 1 amide bonds. The predicted octanol–water partition coefficient (Wildman–Crippen LogP) is 0.0189. The highest BCUT2D eigenvalue weighted by molar-refractivity contribution is 5.79. The summed E-state index contributed by atoms with van der Waals surface area (Å²) in [6.07, 6.45) is 4.08. The second-order valence-electron chi connectivity index (χ2n) is 4.23. The third-order valence-corrected chi connectivity index (χ3v) is 3.28. The number of rotatable bonds is 2. The van der Waals surface area contributed by atoms with Crippen LogP contribution in [0.4, 0.5) is 0 Å². The fourth-order valence-corrected chi connectivity index (χ4v) is 2.43. The molecule has 3 N–H and O–H groups in total. The minimum absolute atomic E-state index is 0.273. The molecule has 0 radical (unpaired) electrons. The Morgan fingerprint density at radius 3 is 2.50 bits per heavy atom. The van der Waals surface area contributed by atoms with E-state index in [9.17, 15) is 4.79 Å². The zero-order valence-electron chi connectivity index (χ0n) is 8.37. The second-order valence-corrected chi connectivity index (χ2v) is 4.23. The van der Waals surface area contributed by atoms with Gasteiger partial charge >= 0.3 is 0 Å². The number of carbonyl (C=O) groups excluding carboxylic acids is 1. The Kier molecular flexibility index (Phi) is 3.03. The monoisotopic (exact) mass is 198 g/mol. The Morgan fingerprint density at radius 2 is 1.93 bits per heavy atom. The number of amides is 1. The van der Waals surface area contributed by atoms with Gasteiger partial charge in [-0.1, -0.05) is 0 Å². The topological polar surface area (TPSA) is 64.4 Å². The van der Waals surface area contributed by atoms with Crippen LogP contribution >= 0.6 is 0 Å². The molecule has 2 unspecified atom stereocenters. The van der Waals surface area contributed by atoms with Crippen molar-refractivity contribution in [1.29, 1.82) is 0 Å². The number of hydrogen-bond donors (Lipinski definition) is 2. The minimum atomic E-state index is -0.324. The van der Waals surface area contributed by atoms with Crippen molar-refractivity contribution in [2.45, 2.75) is 37.9 Å². The first-order valence-electron chi connectivity index (χ1n) is 5.43. The van der Waals surface area contributed by atoms with Crippen molar-refractivity contribution in [3.63, 3.8) is 0 Å². The van der Waals surface area contributed by atoms with E-state index in [1.807, 2.05) is 0 Å². The molecule has 80 valence electrons. The van der Waals surface area contributed by atoms with E-state index in [0.717, 1.165) is 38.8 Å². The van der Waals surface area contributed by atoms with Crippen molar-refractivity contribution in [2.24, 2.45) is 11.7 Å². The molecule has 2 saturated heterocycles. The van der Waals surface area contributed by atoms with Crippen LogP contribution in [0, 0.1) is 5.92 Å². The number of carbonyl (C=O) groups is 1. The van der Waals surface area contributed by atoms with Crippen molar-refractivity contribution in [2.75, 3.05) is 13.1 Å². The first-order chi connectivity index (χ1) is 6.77. The van der Waals surface area contributed by atoms with Crippen LogP contribution in [-0.2, 0) is 9.53 Å². The molecule has 2 aliphatic rings. The molecule has 4 nitrogen and oxygen atoms in total. The van der Waals surface area contributed by atoms with Gasteiger partial charge in [-0.3, -0.25) is 4.79 Å². The Bertz CT molecular complexity index is 214. The molecule has 0 bridgehead atoms. The van der Waals surface area contributed by atoms with E-state index in [4.69, 9.17) is 10.5 Å². The van der Waals surface area contributed by atoms with Gasteiger partial charge in [0.05, 0.1) is 6.10 Å². The molecule has 4 heteroatoms. The maximum atomic E-state index is 10.9. The first-order valence-corrected chi connectivity index (χ1v) is 5.43. The summed E-state index contributed by atoms with van der Waals surface area (Å²) in [6, 6.07) is 0. The van der Waals surface area contributed by atoms with Crippen LogP contribution in [0.5, 0.6) is 0 Å². The van der Waals surface area contributed by atoms with Crippen molar-refractivity contribution >= 4 is 5.91 Å². The van der Waals surface area contributed by atoms with Crippen LogP contribution in [0.15, 0.2) is 0 Å². The van der Waals surface area contributed by atoms with Crippen molar-refractivity contribution in [3.05, 3.63) is 0 Å². The lowest BCUT2D eigenvalue weighted by atomic mass is 9.91. The lowest BCUT2D eigenvalue weighted by Crippen LogP contribution is -2.35. The molecule has 2 heterocycles. The summed E-state index contributed by atoms with van der Waals surface area (Å²) < 4.78 is 5.66. The van der Waals surface area contributed by atoms with Gasteiger partial charge in [0.2, 0.25) is 5.91 Å². The highest BCUT2D eigenvalue weighted by Crippen LogP contribution is 2.29. The Balaban J connectivity index is 1.85. The average Bonchev–Trinajstić information content (AvgIpc) is 2.68. The third kappa shape index (κ3) is 2.07. The molecule has 0 aromatic heterocycles. The maximum absolute atomic E-state index is 10.9. The zero-order chi connectivity index (χ0) is 9.97. The van der Waals surface area contributed by atoms with Gasteiger partial charge in [0.1, 0.15) is 6.10 Å². The van der Waals surface area contributed by atoms with Crippen LogP contribution in [-0.4, -0.2) is 31.2 Å². The number of piperidine rings is 1. The molecule has 2 fully saturated rings. The first kappa shape index (κ1) is 9.93. The van der Waals surface area contributed by atoms with E-state index in [-0.39, 0.29) is 18.1 Å². The maximum Gasteiger partial charge on any atom is 0.246 e. The highest BCUT2D eigenvalue weighted by atomic mass is 16.5. The fraction of sp³-hybridized carbons (Fsp3) is 0.900. The van der Waals surface area contributed by atoms with Gasteiger partial charge < -0.3 is 15.8 Å². The number of ether oxygens (including phenoxy) is 1. The van der Waals surface area contributed by atoms with Crippen LogP contribution in [0.3, 0.4) is 0 Å². The summed E-state index contributed by atoms with van der Waals surface area (Å²) in [5, 5.41) is 3.32. The van der Waals surface area contributed by atoms with Gasteiger partial charge in [0.15, 0.2) is 0 Å². The Hall–Kier alpha value is -0.610. The molecule has 0 aromatic rings. The van der Waals surface area contributed by atoms with E-state index in [1.54, 1.807) is 0 Å². The second kappa shape index (κ2) is 4.28. The van der Waals surface area contributed by atoms with Gasteiger partial charge in [0.25, 0.3) is 0 Å². The normalized spacial score (nSPS) is 34.6. The summed E-state index contributed by atoms with van der Waals surface area (Å²) in [5.41, 5.74) is 5.21. The lowest BCUT2D eigenvalue weighted by molar-refractivity contribution is -0.130. The summed E-state index contributed by atoms with van der Waals surface area (Å²) >= 11 is 0. The number of hydrogen-bond acceptors (Lipinski definition) is 3. The quantitative estimate of drug-likeness (QED) is 0.657. The van der Waals surface area contributed by atoms with Crippen LogP contribution < -0.4 is 11.1 Å². The summed E-state index contributed by atoms with van der Waals surface area (Å²) in [7, 11) is 0. The van der Waals surface area contributed by atoms with Gasteiger partial charge in [-0.2, -0.15) is 0 Å². The predicted molar refractivity (Wildman–Crippen MR) is 52.7 cm³/mol. The molecule has 2 atom stereocenters. The molecule has 2 aliphatic heterocycles. The van der Waals surface area contributed by atoms with E-state index >= 15 is 0 Å². The van der Waals surface area contributed by atoms with Gasteiger partial charge in [0, 0.05) is 0 Å². The SMILES string of the molecule is NC(=O)C1CCC(C2CCNCC2)O1. The number of nitrogens with one attached hydrogen (secondary N) is 1. The van der Waals surface area contributed by atoms with E-state index < -0.39 is 0 Å². The highest BCUT2D eigenvalue weighted by Gasteiger charge is 2.34. The van der Waals surface area contributed by atoms with Crippen molar-refractivity contribution in [1.82, 2.24) is 5.32 Å². The smallest absolute Gasteiger partial charge is 0.246 e. The van der Waals surface area contributed by atoms with Gasteiger partial charge in [-0.25, -0.2) is 0 Å². The molecule has 0 aliphatic carbocycles.